The number of halogens is 2. The summed E-state index contributed by atoms with van der Waals surface area (Å²) in [6.07, 6.45) is -0.966. The summed E-state index contributed by atoms with van der Waals surface area (Å²) in [6.45, 7) is 5.19. The van der Waals surface area contributed by atoms with Crippen molar-refractivity contribution in [2.45, 2.75) is 63.5 Å². The molecule has 1 saturated carbocycles. The highest BCUT2D eigenvalue weighted by Crippen LogP contribution is 2.43. The number of carbonyl (C=O) groups is 1. The van der Waals surface area contributed by atoms with Gasteiger partial charge < -0.3 is 15.6 Å². The van der Waals surface area contributed by atoms with Gasteiger partial charge in [0.2, 0.25) is 5.92 Å². The second-order valence-corrected chi connectivity index (χ2v) is 7.37. The Morgan fingerprint density at radius 1 is 1.25 bits per heavy atom. The van der Waals surface area contributed by atoms with Gasteiger partial charge >= 0.3 is 6.09 Å². The van der Waals surface area contributed by atoms with E-state index in [-0.39, 0.29) is 37.1 Å². The van der Waals surface area contributed by atoms with Crippen LogP contribution in [0.4, 0.5) is 19.3 Å². The van der Waals surface area contributed by atoms with Crippen LogP contribution < -0.4 is 11.1 Å². The van der Waals surface area contributed by atoms with E-state index in [0.717, 1.165) is 0 Å². The van der Waals surface area contributed by atoms with Gasteiger partial charge in [-0.1, -0.05) is 6.07 Å². The highest BCUT2D eigenvalue weighted by Gasteiger charge is 2.42. The molecule has 134 valence electrons. The van der Waals surface area contributed by atoms with Gasteiger partial charge in [-0.25, -0.2) is 13.6 Å². The van der Waals surface area contributed by atoms with Gasteiger partial charge in [-0.05, 0) is 51.3 Å². The number of ether oxygens (including phenoxy) is 1. The van der Waals surface area contributed by atoms with Crippen molar-refractivity contribution in [3.05, 3.63) is 23.8 Å². The van der Waals surface area contributed by atoms with Crippen molar-refractivity contribution >= 4 is 11.8 Å². The smallest absolute Gasteiger partial charge is 0.412 e. The molecular weight excluding hydrogens is 318 g/mol. The van der Waals surface area contributed by atoms with Gasteiger partial charge in [0.25, 0.3) is 0 Å². The molecule has 1 aromatic rings. The number of alkyl halides is 2. The van der Waals surface area contributed by atoms with E-state index in [4.69, 9.17) is 10.5 Å². The molecule has 1 aliphatic rings. The highest BCUT2D eigenvalue weighted by molar-refractivity contribution is 5.87. The molecule has 1 amide bonds. The number of nitrogens with two attached hydrogens (primary N) is 1. The first-order valence-corrected chi connectivity index (χ1v) is 7.90. The Morgan fingerprint density at radius 2 is 1.83 bits per heavy atom. The largest absolute Gasteiger partial charge is 0.506 e. The third-order valence-electron chi connectivity index (χ3n) is 4.08. The molecule has 0 saturated heterocycles. The second kappa shape index (κ2) is 6.20. The van der Waals surface area contributed by atoms with Gasteiger partial charge in [0, 0.05) is 18.4 Å². The maximum absolute atomic E-state index is 13.3. The predicted octanol–water partition coefficient (Wildman–Crippen LogP) is 4.10. The first-order valence-electron chi connectivity index (χ1n) is 7.90. The summed E-state index contributed by atoms with van der Waals surface area (Å²) < 4.78 is 31.8. The molecule has 0 unspecified atom stereocenters. The van der Waals surface area contributed by atoms with E-state index in [2.05, 4.69) is 5.32 Å². The monoisotopic (exact) mass is 342 g/mol. The number of aromatic hydroxyl groups is 1. The molecule has 0 atom stereocenters. The normalized spacial score (nSPS) is 19.6. The van der Waals surface area contributed by atoms with Gasteiger partial charge in [-0.3, -0.25) is 5.32 Å². The number of benzene rings is 1. The van der Waals surface area contributed by atoms with Crippen LogP contribution >= 0.6 is 0 Å². The third kappa shape index (κ3) is 4.56. The molecule has 0 heterocycles. The maximum atomic E-state index is 13.3. The Bertz CT molecular complexity index is 617. The molecule has 0 aromatic heterocycles. The fraction of sp³-hybridized carbons (Fsp3) is 0.588. The van der Waals surface area contributed by atoms with E-state index >= 15 is 0 Å². The fourth-order valence-electron chi connectivity index (χ4n) is 2.71. The molecule has 4 N–H and O–H groups in total. The van der Waals surface area contributed by atoms with Crippen molar-refractivity contribution in [2.24, 2.45) is 5.73 Å². The number of phenolic OH excluding ortho intramolecular Hbond substituents is 1. The van der Waals surface area contributed by atoms with Crippen LogP contribution in [0.25, 0.3) is 0 Å². The molecule has 0 spiro atoms. The van der Waals surface area contributed by atoms with Crippen LogP contribution in [-0.4, -0.2) is 22.7 Å². The lowest BCUT2D eigenvalue weighted by atomic mass is 9.76. The lowest BCUT2D eigenvalue weighted by Crippen LogP contribution is -2.43. The molecule has 0 aliphatic heterocycles. The van der Waals surface area contributed by atoms with Crippen LogP contribution in [-0.2, 0) is 10.3 Å². The molecule has 5 nitrogen and oxygen atoms in total. The number of amides is 1. The lowest BCUT2D eigenvalue weighted by molar-refractivity contribution is -0.0514. The summed E-state index contributed by atoms with van der Waals surface area (Å²) in [6, 6.07) is 4.54. The van der Waals surface area contributed by atoms with Crippen LogP contribution in [0.5, 0.6) is 5.75 Å². The Labute approximate surface area is 140 Å². The number of rotatable bonds is 2. The molecule has 24 heavy (non-hydrogen) atoms. The minimum atomic E-state index is -2.68. The van der Waals surface area contributed by atoms with Gasteiger partial charge in [0.05, 0.1) is 5.69 Å². The molecule has 2 rings (SSSR count). The SMILES string of the molecule is CC(C)(C)OC(=O)Nc1ccc(C2(N)CCC(F)(F)CC2)cc1O. The molecule has 0 bridgehead atoms. The van der Waals surface area contributed by atoms with Crippen LogP contribution in [0, 0.1) is 0 Å². The first-order chi connectivity index (χ1) is 10.9. The Morgan fingerprint density at radius 3 is 2.33 bits per heavy atom. The van der Waals surface area contributed by atoms with E-state index in [1.165, 1.54) is 12.1 Å². The van der Waals surface area contributed by atoms with E-state index in [0.29, 0.717) is 5.56 Å². The molecule has 1 fully saturated rings. The number of hydrogen-bond donors (Lipinski definition) is 3. The lowest BCUT2D eigenvalue weighted by Gasteiger charge is -2.37. The minimum Gasteiger partial charge on any atom is -0.506 e. The quantitative estimate of drug-likeness (QED) is 0.706. The van der Waals surface area contributed by atoms with Crippen molar-refractivity contribution in [1.29, 1.82) is 0 Å². The Hall–Kier alpha value is -1.89. The summed E-state index contributed by atoms with van der Waals surface area (Å²) in [5.74, 6) is -2.86. The summed E-state index contributed by atoms with van der Waals surface area (Å²) in [4.78, 5) is 11.7. The van der Waals surface area contributed by atoms with Crippen molar-refractivity contribution < 1.29 is 23.4 Å². The van der Waals surface area contributed by atoms with Crippen LogP contribution in [0.2, 0.25) is 0 Å². The van der Waals surface area contributed by atoms with Gasteiger partial charge in [0.15, 0.2) is 0 Å². The standard InChI is InChI=1S/C17H24F2N2O3/c1-15(2,3)24-14(23)21-12-5-4-11(10-13(12)22)16(20)6-8-17(18,19)9-7-16/h4-5,10,22H,6-9,20H2,1-3H3,(H,21,23). The van der Waals surface area contributed by atoms with Crippen molar-refractivity contribution in [3.63, 3.8) is 0 Å². The summed E-state index contributed by atoms with van der Waals surface area (Å²) in [5, 5.41) is 12.6. The summed E-state index contributed by atoms with van der Waals surface area (Å²) >= 11 is 0. The number of anilines is 1. The number of phenols is 1. The highest BCUT2D eigenvalue weighted by atomic mass is 19.3. The first kappa shape index (κ1) is 18.4. The summed E-state index contributed by atoms with van der Waals surface area (Å²) in [5.41, 5.74) is 5.44. The van der Waals surface area contributed by atoms with Crippen molar-refractivity contribution in [1.82, 2.24) is 0 Å². The fourth-order valence-corrected chi connectivity index (χ4v) is 2.71. The molecular formula is C17H24F2N2O3. The zero-order valence-electron chi connectivity index (χ0n) is 14.2. The zero-order chi connectivity index (χ0) is 18.2. The van der Waals surface area contributed by atoms with E-state index in [1.807, 2.05) is 0 Å². The van der Waals surface area contributed by atoms with Crippen LogP contribution in [0.1, 0.15) is 52.0 Å². The molecule has 7 heteroatoms. The van der Waals surface area contributed by atoms with Gasteiger partial charge in [-0.15, -0.1) is 0 Å². The van der Waals surface area contributed by atoms with Gasteiger partial charge in [-0.2, -0.15) is 0 Å². The number of hydrogen-bond acceptors (Lipinski definition) is 4. The Balaban J connectivity index is 2.11. The van der Waals surface area contributed by atoms with Crippen molar-refractivity contribution in [2.75, 3.05) is 5.32 Å². The topological polar surface area (TPSA) is 84.6 Å². The molecule has 0 radical (unpaired) electrons. The van der Waals surface area contributed by atoms with E-state index in [9.17, 15) is 18.7 Å². The maximum Gasteiger partial charge on any atom is 0.412 e. The third-order valence-corrected chi connectivity index (χ3v) is 4.08. The van der Waals surface area contributed by atoms with Crippen LogP contribution in [0.3, 0.4) is 0 Å². The zero-order valence-corrected chi connectivity index (χ0v) is 14.2. The molecule has 1 aliphatic carbocycles. The predicted molar refractivity (Wildman–Crippen MR) is 87.2 cm³/mol. The van der Waals surface area contributed by atoms with Gasteiger partial charge in [0.1, 0.15) is 11.4 Å². The second-order valence-electron chi connectivity index (χ2n) is 7.37. The summed E-state index contributed by atoms with van der Waals surface area (Å²) in [7, 11) is 0. The van der Waals surface area contributed by atoms with E-state index < -0.39 is 23.2 Å². The molecule has 1 aromatic carbocycles. The minimum absolute atomic E-state index is 0.137. The Kier molecular flexibility index (Phi) is 4.77. The van der Waals surface area contributed by atoms with Crippen LogP contribution in [0.15, 0.2) is 18.2 Å². The number of nitrogens with one attached hydrogen (secondary N) is 1. The van der Waals surface area contributed by atoms with Crippen molar-refractivity contribution in [3.8, 4) is 5.75 Å². The average molecular weight is 342 g/mol. The average Bonchev–Trinajstić information content (AvgIpc) is 2.43. The number of carbonyl (C=O) groups excluding carboxylic acids is 1. The van der Waals surface area contributed by atoms with E-state index in [1.54, 1.807) is 26.8 Å².